The van der Waals surface area contributed by atoms with Gasteiger partial charge in [0.25, 0.3) is 5.91 Å². The Bertz CT molecular complexity index is 573. The molecule has 1 aromatic carbocycles. The zero-order valence-corrected chi connectivity index (χ0v) is 10.7. The van der Waals surface area contributed by atoms with Gasteiger partial charge in [-0.3, -0.25) is 19.7 Å². The molecule has 2 N–H and O–H groups in total. The number of hydrogen-bond donors (Lipinski definition) is 2. The lowest BCUT2D eigenvalue weighted by atomic mass is 10.1. The average Bonchev–Trinajstić information content (AvgIpc) is 2.41. The molecule has 0 unspecified atom stereocenters. The van der Waals surface area contributed by atoms with Crippen LogP contribution in [-0.2, 0) is 9.59 Å². The zero-order chi connectivity index (χ0) is 14.7. The number of rotatable bonds is 3. The van der Waals surface area contributed by atoms with E-state index in [0.717, 1.165) is 6.07 Å². The molecule has 2 rings (SSSR count). The normalized spacial score (nSPS) is 18.4. The summed E-state index contributed by atoms with van der Waals surface area (Å²) in [7, 11) is 1.39. The number of halogens is 1. The number of hydrogen-bond acceptors (Lipinski definition) is 4. The van der Waals surface area contributed by atoms with E-state index in [4.69, 9.17) is 4.74 Å². The van der Waals surface area contributed by atoms with Crippen molar-refractivity contribution in [1.82, 2.24) is 10.6 Å². The van der Waals surface area contributed by atoms with Crippen LogP contribution in [0.25, 0.3) is 0 Å². The van der Waals surface area contributed by atoms with E-state index in [1.165, 1.54) is 19.2 Å². The second kappa shape index (κ2) is 5.68. The zero-order valence-electron chi connectivity index (χ0n) is 10.7. The molecule has 0 bridgehead atoms. The second-order valence-corrected chi connectivity index (χ2v) is 4.32. The minimum Gasteiger partial charge on any atom is -0.497 e. The largest absolute Gasteiger partial charge is 0.497 e. The van der Waals surface area contributed by atoms with Gasteiger partial charge in [0.1, 0.15) is 17.6 Å². The monoisotopic (exact) mass is 280 g/mol. The van der Waals surface area contributed by atoms with Crippen LogP contribution in [0.2, 0.25) is 0 Å². The number of nitrogens with one attached hydrogen (secondary N) is 2. The second-order valence-electron chi connectivity index (χ2n) is 4.32. The van der Waals surface area contributed by atoms with Crippen LogP contribution in [0.3, 0.4) is 0 Å². The van der Waals surface area contributed by atoms with Crippen molar-refractivity contribution in [3.05, 3.63) is 29.6 Å². The summed E-state index contributed by atoms with van der Waals surface area (Å²) in [5.41, 5.74) is -0.185. The summed E-state index contributed by atoms with van der Waals surface area (Å²) >= 11 is 0. The Hall–Kier alpha value is -2.44. The molecule has 20 heavy (non-hydrogen) atoms. The summed E-state index contributed by atoms with van der Waals surface area (Å²) < 4.78 is 18.5. The van der Waals surface area contributed by atoms with Crippen LogP contribution in [0, 0.1) is 5.82 Å². The van der Waals surface area contributed by atoms with Gasteiger partial charge in [0.15, 0.2) is 0 Å². The van der Waals surface area contributed by atoms with Crippen LogP contribution >= 0.6 is 0 Å². The van der Waals surface area contributed by atoms with Gasteiger partial charge in [-0.15, -0.1) is 0 Å². The Balaban J connectivity index is 2.08. The Labute approximate surface area is 114 Å². The van der Waals surface area contributed by atoms with Crippen LogP contribution in [0.5, 0.6) is 5.75 Å². The number of ether oxygens (including phenoxy) is 1. The Morgan fingerprint density at radius 3 is 2.80 bits per heavy atom. The van der Waals surface area contributed by atoms with Crippen molar-refractivity contribution >= 4 is 17.7 Å². The van der Waals surface area contributed by atoms with Gasteiger partial charge in [0.2, 0.25) is 11.8 Å². The van der Waals surface area contributed by atoms with E-state index < -0.39 is 23.7 Å². The molecule has 1 atom stereocenters. The minimum absolute atomic E-state index is 0.141. The molecule has 0 aromatic heterocycles. The Morgan fingerprint density at radius 1 is 1.45 bits per heavy atom. The van der Waals surface area contributed by atoms with E-state index >= 15 is 0 Å². The molecule has 0 spiro atoms. The van der Waals surface area contributed by atoms with Crippen LogP contribution in [0.4, 0.5) is 4.39 Å². The third kappa shape index (κ3) is 2.93. The number of imide groups is 1. The number of benzene rings is 1. The molecule has 7 heteroatoms. The SMILES string of the molecule is COc1ccc(C(=O)N[C@H]2CCC(=O)NC2=O)c(F)c1. The van der Waals surface area contributed by atoms with Crippen LogP contribution < -0.4 is 15.4 Å². The molecule has 1 aromatic rings. The maximum atomic E-state index is 13.7. The number of carbonyl (C=O) groups is 3. The van der Waals surface area contributed by atoms with E-state index in [2.05, 4.69) is 10.6 Å². The highest BCUT2D eigenvalue weighted by molar-refractivity contribution is 6.03. The molecule has 6 nitrogen and oxygen atoms in total. The lowest BCUT2D eigenvalue weighted by Gasteiger charge is -2.21. The van der Waals surface area contributed by atoms with Crippen molar-refractivity contribution in [2.45, 2.75) is 18.9 Å². The average molecular weight is 280 g/mol. The van der Waals surface area contributed by atoms with Crippen LogP contribution in [-0.4, -0.2) is 30.9 Å². The van der Waals surface area contributed by atoms with Crippen molar-refractivity contribution in [2.24, 2.45) is 0 Å². The highest BCUT2D eigenvalue weighted by Crippen LogP contribution is 2.16. The first-order chi connectivity index (χ1) is 9.51. The highest BCUT2D eigenvalue weighted by Gasteiger charge is 2.28. The molecular weight excluding hydrogens is 267 g/mol. The van der Waals surface area contributed by atoms with E-state index in [1.54, 1.807) is 0 Å². The van der Waals surface area contributed by atoms with Crippen molar-refractivity contribution in [2.75, 3.05) is 7.11 Å². The molecule has 3 amide bonds. The van der Waals surface area contributed by atoms with Crippen LogP contribution in [0.15, 0.2) is 18.2 Å². The number of piperidine rings is 1. The summed E-state index contributed by atoms with van der Waals surface area (Å²) in [5.74, 6) is -2.12. The number of carbonyl (C=O) groups excluding carboxylic acids is 3. The summed E-state index contributed by atoms with van der Waals surface area (Å²) in [6.45, 7) is 0. The van der Waals surface area contributed by atoms with Gasteiger partial charge in [0.05, 0.1) is 12.7 Å². The van der Waals surface area contributed by atoms with E-state index in [9.17, 15) is 18.8 Å². The maximum Gasteiger partial charge on any atom is 0.254 e. The topological polar surface area (TPSA) is 84.5 Å². The van der Waals surface area contributed by atoms with Gasteiger partial charge in [-0.1, -0.05) is 0 Å². The minimum atomic E-state index is -0.832. The first-order valence-electron chi connectivity index (χ1n) is 5.99. The first kappa shape index (κ1) is 14.0. The van der Waals surface area contributed by atoms with Gasteiger partial charge in [0, 0.05) is 12.5 Å². The van der Waals surface area contributed by atoms with Crippen molar-refractivity contribution in [3.63, 3.8) is 0 Å². The van der Waals surface area contributed by atoms with E-state index in [0.29, 0.717) is 5.75 Å². The van der Waals surface area contributed by atoms with E-state index in [1.807, 2.05) is 0 Å². The van der Waals surface area contributed by atoms with Crippen molar-refractivity contribution in [1.29, 1.82) is 0 Å². The van der Waals surface area contributed by atoms with E-state index in [-0.39, 0.29) is 24.3 Å². The van der Waals surface area contributed by atoms with Gasteiger partial charge < -0.3 is 10.1 Å². The van der Waals surface area contributed by atoms with Crippen LogP contribution in [0.1, 0.15) is 23.2 Å². The molecule has 1 aliphatic heterocycles. The molecule has 1 fully saturated rings. The molecule has 1 aliphatic rings. The fourth-order valence-corrected chi connectivity index (χ4v) is 1.87. The summed E-state index contributed by atoms with van der Waals surface area (Å²) in [4.78, 5) is 34.4. The van der Waals surface area contributed by atoms with Gasteiger partial charge in [-0.05, 0) is 18.6 Å². The molecule has 1 saturated heterocycles. The van der Waals surface area contributed by atoms with Crippen molar-refractivity contribution < 1.29 is 23.5 Å². The number of amides is 3. The molecule has 0 saturated carbocycles. The first-order valence-corrected chi connectivity index (χ1v) is 5.99. The fourth-order valence-electron chi connectivity index (χ4n) is 1.87. The Morgan fingerprint density at radius 2 is 2.20 bits per heavy atom. The lowest BCUT2D eigenvalue weighted by Crippen LogP contribution is -2.52. The molecule has 106 valence electrons. The predicted octanol–water partition coefficient (Wildman–Crippen LogP) is 0.369. The van der Waals surface area contributed by atoms with Gasteiger partial charge in [-0.25, -0.2) is 4.39 Å². The molecule has 0 aliphatic carbocycles. The quantitative estimate of drug-likeness (QED) is 0.783. The van der Waals surface area contributed by atoms with Gasteiger partial charge in [-0.2, -0.15) is 0 Å². The molecule has 0 radical (unpaired) electrons. The Kier molecular flexibility index (Phi) is 3.97. The molecule has 1 heterocycles. The molecular formula is C13H13FN2O4. The summed E-state index contributed by atoms with van der Waals surface area (Å²) in [5, 5.41) is 4.51. The standard InChI is InChI=1S/C13H13FN2O4/c1-20-7-2-3-8(9(14)6-7)12(18)15-10-4-5-11(17)16-13(10)19/h2-3,6,10H,4-5H2,1H3,(H,15,18)(H,16,17,19)/t10-/m0/s1. The van der Waals surface area contributed by atoms with Crippen molar-refractivity contribution in [3.8, 4) is 5.75 Å². The summed E-state index contributed by atoms with van der Waals surface area (Å²) in [6.07, 6.45) is 0.343. The summed E-state index contributed by atoms with van der Waals surface area (Å²) in [6, 6.07) is 2.97. The fraction of sp³-hybridized carbons (Fsp3) is 0.308. The number of methoxy groups -OCH3 is 1. The third-order valence-electron chi connectivity index (χ3n) is 2.97. The third-order valence-corrected chi connectivity index (χ3v) is 2.97. The predicted molar refractivity (Wildman–Crippen MR) is 66.6 cm³/mol. The smallest absolute Gasteiger partial charge is 0.254 e. The maximum absolute atomic E-state index is 13.7. The lowest BCUT2D eigenvalue weighted by molar-refractivity contribution is -0.134. The highest BCUT2D eigenvalue weighted by atomic mass is 19.1. The van der Waals surface area contributed by atoms with Gasteiger partial charge >= 0.3 is 0 Å².